The summed E-state index contributed by atoms with van der Waals surface area (Å²) in [7, 11) is 1.81. The quantitative estimate of drug-likeness (QED) is 0.656. The molecule has 1 saturated heterocycles. The minimum atomic E-state index is -0.474. The normalized spacial score (nSPS) is 21.9. The zero-order valence-corrected chi connectivity index (χ0v) is 8.61. The minimum absolute atomic E-state index is 0.149. The third-order valence-corrected chi connectivity index (χ3v) is 2.88. The van der Waals surface area contributed by atoms with Crippen molar-refractivity contribution in [3.05, 3.63) is 29.8 Å². The van der Waals surface area contributed by atoms with E-state index < -0.39 is 5.95 Å². The lowest BCUT2D eigenvalue weighted by molar-refractivity contribution is -0.132. The van der Waals surface area contributed by atoms with E-state index in [1.165, 1.54) is 12.3 Å². The number of halogens is 1. The summed E-state index contributed by atoms with van der Waals surface area (Å²) in [6, 6.07) is 3.06. The number of likely N-dealkylation sites (tertiary alicyclic amines) is 1. The lowest BCUT2D eigenvalue weighted by Gasteiger charge is -2.28. The molecule has 0 saturated carbocycles. The van der Waals surface area contributed by atoms with Gasteiger partial charge in [0.2, 0.25) is 11.9 Å². The summed E-state index contributed by atoms with van der Waals surface area (Å²) >= 11 is 0. The van der Waals surface area contributed by atoms with E-state index in [0.29, 0.717) is 6.42 Å². The Labute approximate surface area is 87.9 Å². The predicted octanol–water partition coefficient (Wildman–Crippen LogP) is 1.56. The number of amides is 1. The average Bonchev–Trinajstić information content (AvgIpc) is 2.23. The van der Waals surface area contributed by atoms with Gasteiger partial charge in [-0.2, -0.15) is 4.39 Å². The van der Waals surface area contributed by atoms with E-state index in [4.69, 9.17) is 0 Å². The first kappa shape index (κ1) is 10.1. The molecule has 0 spiro atoms. The van der Waals surface area contributed by atoms with Gasteiger partial charge in [-0.15, -0.1) is 0 Å². The van der Waals surface area contributed by atoms with Crippen LogP contribution in [0.15, 0.2) is 18.3 Å². The molecular formula is C11H13FN2O. The smallest absolute Gasteiger partial charge is 0.222 e. The number of carbonyl (C=O) groups excluding carboxylic acids is 1. The van der Waals surface area contributed by atoms with Gasteiger partial charge in [0.1, 0.15) is 0 Å². The summed E-state index contributed by atoms with van der Waals surface area (Å²) in [4.78, 5) is 16.8. The van der Waals surface area contributed by atoms with E-state index in [-0.39, 0.29) is 11.8 Å². The van der Waals surface area contributed by atoms with Crippen molar-refractivity contribution in [3.63, 3.8) is 0 Å². The largest absolute Gasteiger partial charge is 0.346 e. The van der Waals surface area contributed by atoms with Crippen LogP contribution < -0.4 is 0 Å². The Kier molecular flexibility index (Phi) is 2.66. The number of hydrogen-bond donors (Lipinski definition) is 0. The zero-order chi connectivity index (χ0) is 10.8. The molecule has 2 rings (SSSR count). The highest BCUT2D eigenvalue weighted by Gasteiger charge is 2.24. The lowest BCUT2D eigenvalue weighted by Crippen LogP contribution is -2.34. The van der Waals surface area contributed by atoms with Crippen LogP contribution in [0.3, 0.4) is 0 Å². The number of pyridine rings is 1. The number of hydrogen-bond acceptors (Lipinski definition) is 2. The van der Waals surface area contributed by atoms with Crippen molar-refractivity contribution in [2.75, 3.05) is 13.6 Å². The second kappa shape index (κ2) is 3.96. The van der Waals surface area contributed by atoms with Crippen molar-refractivity contribution in [1.29, 1.82) is 0 Å². The Morgan fingerprint density at radius 2 is 2.33 bits per heavy atom. The fourth-order valence-corrected chi connectivity index (χ4v) is 1.86. The van der Waals surface area contributed by atoms with Crippen LogP contribution in [0.2, 0.25) is 0 Å². The van der Waals surface area contributed by atoms with Crippen LogP contribution in [0.25, 0.3) is 0 Å². The van der Waals surface area contributed by atoms with Crippen molar-refractivity contribution < 1.29 is 9.18 Å². The number of nitrogens with zero attached hydrogens (tertiary/aromatic N) is 2. The van der Waals surface area contributed by atoms with E-state index in [2.05, 4.69) is 4.98 Å². The first-order chi connectivity index (χ1) is 7.16. The number of carbonyl (C=O) groups is 1. The molecule has 1 amide bonds. The standard InChI is InChI=1S/C11H13FN2O/c1-14-5-4-8(6-11(14)15)9-2-3-10(12)13-7-9/h2-3,7-8H,4-6H2,1H3/t8-/m1/s1. The highest BCUT2D eigenvalue weighted by molar-refractivity contribution is 5.77. The number of piperidine rings is 1. The number of rotatable bonds is 1. The van der Waals surface area contributed by atoms with Crippen molar-refractivity contribution in [3.8, 4) is 0 Å². The molecule has 1 aromatic heterocycles. The van der Waals surface area contributed by atoms with Crippen LogP contribution in [0.1, 0.15) is 24.3 Å². The summed E-state index contributed by atoms with van der Waals surface area (Å²) in [6.45, 7) is 0.765. The van der Waals surface area contributed by atoms with E-state index in [0.717, 1.165) is 18.5 Å². The molecule has 2 heterocycles. The van der Waals surface area contributed by atoms with Gasteiger partial charge in [0.15, 0.2) is 0 Å². The van der Waals surface area contributed by atoms with Crippen LogP contribution in [0.5, 0.6) is 0 Å². The first-order valence-electron chi connectivity index (χ1n) is 5.02. The molecule has 0 aliphatic carbocycles. The van der Waals surface area contributed by atoms with Gasteiger partial charge in [0.25, 0.3) is 0 Å². The lowest BCUT2D eigenvalue weighted by atomic mass is 9.90. The van der Waals surface area contributed by atoms with Crippen molar-refractivity contribution in [1.82, 2.24) is 9.88 Å². The first-order valence-corrected chi connectivity index (χ1v) is 5.02. The fraction of sp³-hybridized carbons (Fsp3) is 0.455. The molecule has 1 fully saturated rings. The minimum Gasteiger partial charge on any atom is -0.346 e. The summed E-state index contributed by atoms with van der Waals surface area (Å²) in [5.41, 5.74) is 0.956. The highest BCUT2D eigenvalue weighted by Crippen LogP contribution is 2.27. The van der Waals surface area contributed by atoms with Crippen molar-refractivity contribution >= 4 is 5.91 Å². The Morgan fingerprint density at radius 3 is 2.93 bits per heavy atom. The Hall–Kier alpha value is -1.45. The zero-order valence-electron chi connectivity index (χ0n) is 8.61. The third kappa shape index (κ3) is 2.14. The van der Waals surface area contributed by atoms with E-state index in [1.807, 2.05) is 7.05 Å². The average molecular weight is 208 g/mol. The molecule has 0 N–H and O–H groups in total. The van der Waals surface area contributed by atoms with E-state index in [9.17, 15) is 9.18 Å². The van der Waals surface area contributed by atoms with E-state index >= 15 is 0 Å². The summed E-state index contributed by atoms with van der Waals surface area (Å²) in [5, 5.41) is 0. The van der Waals surface area contributed by atoms with Gasteiger partial charge in [-0.3, -0.25) is 4.79 Å². The van der Waals surface area contributed by atoms with Crippen LogP contribution in [-0.4, -0.2) is 29.4 Å². The second-order valence-corrected chi connectivity index (χ2v) is 3.92. The highest BCUT2D eigenvalue weighted by atomic mass is 19.1. The summed E-state index contributed by atoms with van der Waals surface area (Å²) < 4.78 is 12.6. The van der Waals surface area contributed by atoms with Crippen LogP contribution in [-0.2, 0) is 4.79 Å². The second-order valence-electron chi connectivity index (χ2n) is 3.92. The maximum atomic E-state index is 12.6. The predicted molar refractivity (Wildman–Crippen MR) is 53.8 cm³/mol. The maximum absolute atomic E-state index is 12.6. The SMILES string of the molecule is CN1CC[C@@H](c2ccc(F)nc2)CC1=O. The summed E-state index contributed by atoms with van der Waals surface area (Å²) in [6.07, 6.45) is 2.96. The van der Waals surface area contributed by atoms with Crippen LogP contribution in [0.4, 0.5) is 4.39 Å². The van der Waals surface area contributed by atoms with Gasteiger partial charge >= 0.3 is 0 Å². The van der Waals surface area contributed by atoms with Gasteiger partial charge in [-0.1, -0.05) is 6.07 Å². The Bertz CT molecular complexity index is 363. The molecule has 3 nitrogen and oxygen atoms in total. The molecule has 0 aromatic carbocycles. The molecule has 0 radical (unpaired) electrons. The maximum Gasteiger partial charge on any atom is 0.222 e. The van der Waals surface area contributed by atoms with Crippen molar-refractivity contribution in [2.24, 2.45) is 0 Å². The van der Waals surface area contributed by atoms with Gasteiger partial charge in [0.05, 0.1) is 0 Å². The molecule has 1 aromatic rings. The monoisotopic (exact) mass is 208 g/mol. The van der Waals surface area contributed by atoms with Crippen LogP contribution in [0, 0.1) is 5.95 Å². The Balaban J connectivity index is 2.12. The molecule has 1 atom stereocenters. The third-order valence-electron chi connectivity index (χ3n) is 2.88. The van der Waals surface area contributed by atoms with Crippen LogP contribution >= 0.6 is 0 Å². The van der Waals surface area contributed by atoms with Gasteiger partial charge < -0.3 is 4.90 Å². The molecule has 80 valence electrons. The molecule has 0 unspecified atom stereocenters. The fourth-order valence-electron chi connectivity index (χ4n) is 1.86. The molecule has 4 heteroatoms. The van der Waals surface area contributed by atoms with Gasteiger partial charge in [-0.25, -0.2) is 4.98 Å². The Morgan fingerprint density at radius 1 is 1.53 bits per heavy atom. The molecule has 15 heavy (non-hydrogen) atoms. The van der Waals surface area contributed by atoms with Crippen molar-refractivity contribution in [2.45, 2.75) is 18.8 Å². The van der Waals surface area contributed by atoms with Gasteiger partial charge in [0, 0.05) is 26.2 Å². The number of aromatic nitrogens is 1. The summed E-state index contributed by atoms with van der Waals surface area (Å²) in [5.74, 6) is -0.129. The molecule has 1 aliphatic heterocycles. The molecule has 1 aliphatic rings. The molecular weight excluding hydrogens is 195 g/mol. The topological polar surface area (TPSA) is 33.2 Å². The molecule has 0 bridgehead atoms. The van der Waals surface area contributed by atoms with E-state index in [1.54, 1.807) is 11.0 Å². The van der Waals surface area contributed by atoms with Gasteiger partial charge in [-0.05, 0) is 24.0 Å².